The molecular formula is C24H21F2N. The van der Waals surface area contributed by atoms with E-state index in [1.807, 2.05) is 18.2 Å². The van der Waals surface area contributed by atoms with Gasteiger partial charge in [-0.2, -0.15) is 0 Å². The molecule has 0 aromatic heterocycles. The SMILES string of the molecule is CC1(C)C2=C(c3ccccc31)C(C)(C)c1cc(N(F)F)c3ccccc3c12. The molecule has 0 fully saturated rings. The fourth-order valence-electron chi connectivity index (χ4n) is 5.31. The zero-order chi connectivity index (χ0) is 19.1. The van der Waals surface area contributed by atoms with Crippen molar-refractivity contribution in [1.82, 2.24) is 0 Å². The molecule has 0 unspecified atom stereocenters. The van der Waals surface area contributed by atoms with Crippen molar-refractivity contribution in [3.63, 3.8) is 0 Å². The molecule has 2 aliphatic rings. The second-order valence-electron chi connectivity index (χ2n) is 8.64. The first-order valence-corrected chi connectivity index (χ1v) is 9.29. The highest BCUT2D eigenvalue weighted by Crippen LogP contribution is 2.64. The van der Waals surface area contributed by atoms with E-state index in [4.69, 9.17) is 0 Å². The second-order valence-corrected chi connectivity index (χ2v) is 8.64. The molecule has 0 bridgehead atoms. The summed E-state index contributed by atoms with van der Waals surface area (Å²) >= 11 is 0. The van der Waals surface area contributed by atoms with Crippen LogP contribution in [-0.2, 0) is 10.8 Å². The molecule has 0 spiro atoms. The average molecular weight is 361 g/mol. The predicted octanol–water partition coefficient (Wildman–Crippen LogP) is 6.91. The van der Waals surface area contributed by atoms with E-state index in [9.17, 15) is 8.96 Å². The van der Waals surface area contributed by atoms with Crippen LogP contribution in [0.3, 0.4) is 0 Å². The number of hydrogen-bond donors (Lipinski definition) is 0. The van der Waals surface area contributed by atoms with Gasteiger partial charge in [-0.1, -0.05) is 85.2 Å². The van der Waals surface area contributed by atoms with Crippen molar-refractivity contribution in [3.05, 3.63) is 76.9 Å². The maximum atomic E-state index is 13.7. The van der Waals surface area contributed by atoms with Crippen LogP contribution in [-0.4, -0.2) is 0 Å². The van der Waals surface area contributed by atoms with Gasteiger partial charge in [0.05, 0.1) is 0 Å². The lowest BCUT2D eigenvalue weighted by Gasteiger charge is -2.29. The molecule has 5 rings (SSSR count). The number of nitrogens with zero attached hydrogens (tertiary/aromatic N) is 1. The van der Waals surface area contributed by atoms with Gasteiger partial charge in [0.1, 0.15) is 5.69 Å². The Labute approximate surface area is 157 Å². The van der Waals surface area contributed by atoms with E-state index < -0.39 is 5.34 Å². The van der Waals surface area contributed by atoms with E-state index in [1.54, 1.807) is 12.1 Å². The van der Waals surface area contributed by atoms with Gasteiger partial charge in [-0.25, -0.2) is 0 Å². The van der Waals surface area contributed by atoms with E-state index in [2.05, 4.69) is 52.0 Å². The van der Waals surface area contributed by atoms with Gasteiger partial charge >= 0.3 is 0 Å². The number of benzene rings is 3. The summed E-state index contributed by atoms with van der Waals surface area (Å²) in [6, 6.07) is 17.7. The van der Waals surface area contributed by atoms with E-state index in [0.717, 1.165) is 16.5 Å². The highest BCUT2D eigenvalue weighted by molar-refractivity contribution is 6.16. The van der Waals surface area contributed by atoms with Crippen molar-refractivity contribution >= 4 is 27.6 Å². The van der Waals surface area contributed by atoms with Gasteiger partial charge in [-0.3, -0.25) is 0 Å². The Hall–Kier alpha value is -2.68. The van der Waals surface area contributed by atoms with Crippen LogP contribution in [0.4, 0.5) is 14.6 Å². The standard InChI is InChI=1S/C24H21F2N/c1-23(2)17-12-8-7-11-16(17)21-22(23)20-15-10-6-5-9-14(15)19(27(25)26)13-18(20)24(21,3)4/h5-13H,1-4H3. The summed E-state index contributed by atoms with van der Waals surface area (Å²) < 4.78 is 27.4. The third kappa shape index (κ3) is 1.87. The first-order chi connectivity index (χ1) is 12.8. The Morgan fingerprint density at radius 2 is 1.30 bits per heavy atom. The largest absolute Gasteiger partial charge is 0.113 e. The molecular weight excluding hydrogens is 340 g/mol. The van der Waals surface area contributed by atoms with Crippen LogP contribution < -0.4 is 5.34 Å². The number of allylic oxidation sites excluding steroid dienone is 2. The number of halogens is 2. The molecule has 0 heterocycles. The van der Waals surface area contributed by atoms with Crippen LogP contribution in [0.15, 0.2) is 54.6 Å². The van der Waals surface area contributed by atoms with Crippen molar-refractivity contribution in [2.75, 3.05) is 5.34 Å². The Balaban J connectivity index is 1.96. The van der Waals surface area contributed by atoms with Crippen LogP contribution in [0.5, 0.6) is 0 Å². The smallest absolute Gasteiger partial charge is 0.0666 e. The number of anilines is 1. The number of fused-ring (bicyclic) bond motifs is 6. The Kier molecular flexibility index (Phi) is 3.04. The minimum absolute atomic E-state index is 0.0234. The van der Waals surface area contributed by atoms with E-state index >= 15 is 0 Å². The maximum absolute atomic E-state index is 13.7. The van der Waals surface area contributed by atoms with E-state index in [-0.39, 0.29) is 16.5 Å². The monoisotopic (exact) mass is 361 g/mol. The topological polar surface area (TPSA) is 3.24 Å². The van der Waals surface area contributed by atoms with Crippen molar-refractivity contribution in [3.8, 4) is 0 Å². The summed E-state index contributed by atoms with van der Waals surface area (Å²) in [5.41, 5.74) is 6.75. The quantitative estimate of drug-likeness (QED) is 0.426. The summed E-state index contributed by atoms with van der Waals surface area (Å²) in [5, 5.41) is 0.753. The molecule has 0 atom stereocenters. The third-order valence-corrected chi connectivity index (χ3v) is 6.50. The molecule has 3 aromatic carbocycles. The van der Waals surface area contributed by atoms with Crippen LogP contribution in [0.25, 0.3) is 21.9 Å². The van der Waals surface area contributed by atoms with Gasteiger partial charge in [-0.05, 0) is 50.2 Å². The summed E-state index contributed by atoms with van der Waals surface area (Å²) in [6.45, 7) is 8.81. The van der Waals surface area contributed by atoms with Crippen molar-refractivity contribution in [2.45, 2.75) is 38.5 Å². The molecule has 0 amide bonds. The van der Waals surface area contributed by atoms with Gasteiger partial charge in [0.25, 0.3) is 0 Å². The molecule has 3 heteroatoms. The molecule has 1 nitrogen and oxygen atoms in total. The Bertz CT molecular complexity index is 1150. The highest BCUT2D eigenvalue weighted by atomic mass is 19.4. The molecule has 0 aliphatic heterocycles. The van der Waals surface area contributed by atoms with E-state index in [0.29, 0.717) is 5.39 Å². The molecule has 2 aliphatic carbocycles. The Morgan fingerprint density at radius 3 is 2.00 bits per heavy atom. The maximum Gasteiger partial charge on any atom is 0.113 e. The summed E-state index contributed by atoms with van der Waals surface area (Å²) in [6.07, 6.45) is 0. The van der Waals surface area contributed by atoms with Gasteiger partial charge in [0.2, 0.25) is 0 Å². The summed E-state index contributed by atoms with van der Waals surface area (Å²) in [7, 11) is 0. The van der Waals surface area contributed by atoms with Gasteiger partial charge in [0, 0.05) is 16.2 Å². The molecule has 3 aromatic rings. The Morgan fingerprint density at radius 1 is 0.704 bits per heavy atom. The van der Waals surface area contributed by atoms with Crippen LogP contribution in [0.1, 0.15) is 49.9 Å². The van der Waals surface area contributed by atoms with Gasteiger partial charge in [0.15, 0.2) is 0 Å². The minimum Gasteiger partial charge on any atom is -0.0666 e. The molecule has 0 saturated carbocycles. The lowest BCUT2D eigenvalue weighted by molar-refractivity contribution is 0.236. The lowest BCUT2D eigenvalue weighted by atomic mass is 9.74. The van der Waals surface area contributed by atoms with Crippen LogP contribution in [0.2, 0.25) is 0 Å². The van der Waals surface area contributed by atoms with Crippen molar-refractivity contribution < 1.29 is 8.96 Å². The number of hydrogen-bond acceptors (Lipinski definition) is 1. The zero-order valence-corrected chi connectivity index (χ0v) is 15.9. The molecule has 0 radical (unpaired) electrons. The highest BCUT2D eigenvalue weighted by Gasteiger charge is 2.50. The van der Waals surface area contributed by atoms with E-state index in [1.165, 1.54) is 22.3 Å². The molecule has 0 N–H and O–H groups in total. The zero-order valence-electron chi connectivity index (χ0n) is 15.9. The number of rotatable bonds is 1. The minimum atomic E-state index is -0.749. The second kappa shape index (κ2) is 4.98. The lowest BCUT2D eigenvalue weighted by Crippen LogP contribution is -2.19. The first kappa shape index (κ1) is 16.5. The van der Waals surface area contributed by atoms with Gasteiger partial charge in [-0.15, -0.1) is 0 Å². The third-order valence-electron chi connectivity index (χ3n) is 6.50. The molecule has 136 valence electrons. The molecule has 0 saturated heterocycles. The van der Waals surface area contributed by atoms with Gasteiger partial charge < -0.3 is 0 Å². The predicted molar refractivity (Wildman–Crippen MR) is 108 cm³/mol. The fraction of sp³-hybridized carbons (Fsp3) is 0.250. The normalized spacial score (nSPS) is 18.4. The van der Waals surface area contributed by atoms with Crippen LogP contribution in [0, 0.1) is 0 Å². The average Bonchev–Trinajstić information content (AvgIpc) is 3.03. The summed E-state index contributed by atoms with van der Waals surface area (Å²) in [5.74, 6) is 0. The van der Waals surface area contributed by atoms with Crippen molar-refractivity contribution in [1.29, 1.82) is 0 Å². The fourth-order valence-corrected chi connectivity index (χ4v) is 5.31. The first-order valence-electron chi connectivity index (χ1n) is 9.29. The van der Waals surface area contributed by atoms with Crippen molar-refractivity contribution in [2.24, 2.45) is 0 Å². The summed E-state index contributed by atoms with van der Waals surface area (Å²) in [4.78, 5) is 0. The van der Waals surface area contributed by atoms with Crippen LogP contribution >= 0.6 is 0 Å². The molecule has 27 heavy (non-hydrogen) atoms.